The molecule has 2 aromatic heterocycles. The second-order valence-electron chi connectivity index (χ2n) is 4.43. The summed E-state index contributed by atoms with van der Waals surface area (Å²) in [7, 11) is 0. The van der Waals surface area contributed by atoms with E-state index in [4.69, 9.17) is 9.63 Å². The molecule has 0 radical (unpaired) electrons. The van der Waals surface area contributed by atoms with Crippen molar-refractivity contribution >= 4 is 17.8 Å². The Morgan fingerprint density at radius 2 is 2.25 bits per heavy atom. The molecule has 0 aliphatic rings. The minimum atomic E-state index is -1.20. The lowest BCUT2D eigenvalue weighted by molar-refractivity contribution is -0.117. The lowest BCUT2D eigenvalue weighted by Crippen LogP contribution is -2.18. The highest BCUT2D eigenvalue weighted by Gasteiger charge is 2.13. The maximum atomic E-state index is 11.7. The summed E-state index contributed by atoms with van der Waals surface area (Å²) in [6, 6.07) is 1.63. The second-order valence-corrected chi connectivity index (χ2v) is 4.43. The van der Waals surface area contributed by atoms with E-state index in [2.05, 4.69) is 20.8 Å². The quantitative estimate of drug-likeness (QED) is 0.826. The second kappa shape index (κ2) is 5.51. The van der Waals surface area contributed by atoms with Crippen LogP contribution in [0.1, 0.15) is 35.9 Å². The van der Waals surface area contributed by atoms with Gasteiger partial charge in [0.2, 0.25) is 11.8 Å². The van der Waals surface area contributed by atoms with Crippen LogP contribution in [0.3, 0.4) is 0 Å². The smallest absolute Gasteiger partial charge is 0.358 e. The number of carboxylic acids is 1. The average molecular weight is 279 g/mol. The maximum Gasteiger partial charge on any atom is 0.358 e. The number of amides is 1. The first-order valence-electron chi connectivity index (χ1n) is 5.85. The van der Waals surface area contributed by atoms with Crippen LogP contribution in [-0.4, -0.2) is 37.1 Å². The van der Waals surface area contributed by atoms with E-state index < -0.39 is 11.9 Å². The fourth-order valence-electron chi connectivity index (χ4n) is 1.42. The van der Waals surface area contributed by atoms with Gasteiger partial charge in [-0.05, 0) is 5.92 Å². The Morgan fingerprint density at radius 1 is 1.50 bits per heavy atom. The van der Waals surface area contributed by atoms with Crippen LogP contribution in [-0.2, 0) is 11.3 Å². The van der Waals surface area contributed by atoms with Gasteiger partial charge in [-0.15, -0.1) is 5.10 Å². The van der Waals surface area contributed by atoms with E-state index in [1.807, 2.05) is 13.8 Å². The number of carbonyl (C=O) groups is 2. The number of nitrogens with zero attached hydrogens (tertiary/aromatic N) is 4. The van der Waals surface area contributed by atoms with E-state index in [1.165, 1.54) is 6.20 Å². The van der Waals surface area contributed by atoms with E-state index >= 15 is 0 Å². The minimum absolute atomic E-state index is 0.169. The van der Waals surface area contributed by atoms with Gasteiger partial charge in [0.1, 0.15) is 6.54 Å². The van der Waals surface area contributed by atoms with E-state index in [0.29, 0.717) is 0 Å². The molecule has 0 saturated heterocycles. The molecule has 0 aromatic carbocycles. The van der Waals surface area contributed by atoms with E-state index in [-0.39, 0.29) is 24.0 Å². The highest BCUT2D eigenvalue weighted by molar-refractivity contribution is 5.89. The fraction of sp³-hybridized carbons (Fsp3) is 0.364. The van der Waals surface area contributed by atoms with E-state index in [0.717, 1.165) is 10.4 Å². The highest BCUT2D eigenvalue weighted by atomic mass is 16.5. The van der Waals surface area contributed by atoms with Crippen molar-refractivity contribution in [1.82, 2.24) is 20.2 Å². The van der Waals surface area contributed by atoms with Gasteiger partial charge < -0.3 is 9.63 Å². The van der Waals surface area contributed by atoms with Crippen LogP contribution in [0.25, 0.3) is 0 Å². The topological polar surface area (TPSA) is 123 Å². The number of anilines is 1. The summed E-state index contributed by atoms with van der Waals surface area (Å²) < 4.78 is 6.08. The molecule has 9 nitrogen and oxygen atoms in total. The summed E-state index contributed by atoms with van der Waals surface area (Å²) in [5.41, 5.74) is 0.508. The largest absolute Gasteiger partial charge is 0.476 e. The predicted molar refractivity (Wildman–Crippen MR) is 66.2 cm³/mol. The van der Waals surface area contributed by atoms with Crippen LogP contribution in [0.4, 0.5) is 5.88 Å². The molecule has 0 aliphatic heterocycles. The number of aromatic nitrogens is 4. The molecule has 0 unspecified atom stereocenters. The number of hydrogen-bond acceptors (Lipinski definition) is 6. The molecular formula is C11H13N5O4. The molecule has 2 N–H and O–H groups in total. The summed E-state index contributed by atoms with van der Waals surface area (Å²) in [6.45, 7) is 3.73. The van der Waals surface area contributed by atoms with Crippen molar-refractivity contribution in [3.63, 3.8) is 0 Å². The van der Waals surface area contributed by atoms with Crippen molar-refractivity contribution in [3.05, 3.63) is 23.7 Å². The van der Waals surface area contributed by atoms with Crippen LogP contribution in [0.5, 0.6) is 0 Å². The van der Waals surface area contributed by atoms with E-state index in [1.54, 1.807) is 6.07 Å². The predicted octanol–water partition coefficient (Wildman–Crippen LogP) is 0.726. The van der Waals surface area contributed by atoms with Gasteiger partial charge in [-0.1, -0.05) is 24.2 Å². The minimum Gasteiger partial charge on any atom is -0.476 e. The number of rotatable bonds is 5. The van der Waals surface area contributed by atoms with Crippen LogP contribution in [0.2, 0.25) is 0 Å². The number of hydrogen-bond donors (Lipinski definition) is 2. The van der Waals surface area contributed by atoms with Gasteiger partial charge in [-0.2, -0.15) is 0 Å². The highest BCUT2D eigenvalue weighted by Crippen LogP contribution is 2.17. The van der Waals surface area contributed by atoms with Crippen LogP contribution in [0, 0.1) is 0 Å². The van der Waals surface area contributed by atoms with Crippen molar-refractivity contribution < 1.29 is 19.2 Å². The SMILES string of the molecule is CC(C)c1cc(NC(=O)Cn2cc(C(=O)O)nn2)on1. The van der Waals surface area contributed by atoms with Crippen LogP contribution >= 0.6 is 0 Å². The Balaban J connectivity index is 1.95. The molecule has 106 valence electrons. The molecule has 9 heteroatoms. The number of aromatic carboxylic acids is 1. The zero-order valence-electron chi connectivity index (χ0n) is 10.9. The third kappa shape index (κ3) is 3.19. The maximum absolute atomic E-state index is 11.7. The Labute approximate surface area is 113 Å². The lowest BCUT2D eigenvalue weighted by Gasteiger charge is -2.00. The van der Waals surface area contributed by atoms with Crippen LogP contribution in [0.15, 0.2) is 16.8 Å². The van der Waals surface area contributed by atoms with Crippen molar-refractivity contribution in [2.45, 2.75) is 26.3 Å². The van der Waals surface area contributed by atoms with Gasteiger partial charge >= 0.3 is 5.97 Å². The van der Waals surface area contributed by atoms with Gasteiger partial charge in [0.15, 0.2) is 5.69 Å². The van der Waals surface area contributed by atoms with E-state index in [9.17, 15) is 9.59 Å². The van der Waals surface area contributed by atoms with Crippen molar-refractivity contribution in [2.24, 2.45) is 0 Å². The fourth-order valence-corrected chi connectivity index (χ4v) is 1.42. The molecule has 2 rings (SSSR count). The molecule has 1 amide bonds. The molecule has 0 atom stereocenters. The summed E-state index contributed by atoms with van der Waals surface area (Å²) in [4.78, 5) is 22.3. The molecule has 2 heterocycles. The molecule has 0 bridgehead atoms. The van der Waals surface area contributed by atoms with Gasteiger partial charge in [-0.3, -0.25) is 10.1 Å². The zero-order valence-corrected chi connectivity index (χ0v) is 10.9. The number of carboxylic acid groups (broad SMARTS) is 1. The Bertz CT molecular complexity index is 630. The standard InChI is InChI=1S/C11H13N5O4/c1-6(2)7-3-10(20-14-7)12-9(17)5-16-4-8(11(18)19)13-15-16/h3-4,6H,5H2,1-2H3,(H,12,17)(H,18,19). The summed E-state index contributed by atoms with van der Waals surface area (Å²) in [5.74, 6) is -1.19. The van der Waals surface area contributed by atoms with Crippen molar-refractivity contribution in [2.75, 3.05) is 5.32 Å². The molecule has 20 heavy (non-hydrogen) atoms. The van der Waals surface area contributed by atoms with Gasteiger partial charge in [-0.25, -0.2) is 9.48 Å². The molecule has 0 spiro atoms. The third-order valence-electron chi connectivity index (χ3n) is 2.45. The third-order valence-corrected chi connectivity index (χ3v) is 2.45. The number of nitrogens with one attached hydrogen (secondary N) is 1. The Hall–Kier alpha value is -2.71. The Morgan fingerprint density at radius 3 is 2.80 bits per heavy atom. The normalized spacial score (nSPS) is 10.8. The summed E-state index contributed by atoms with van der Waals surface area (Å²) >= 11 is 0. The summed E-state index contributed by atoms with van der Waals surface area (Å²) in [6.07, 6.45) is 1.17. The summed E-state index contributed by atoms with van der Waals surface area (Å²) in [5, 5.41) is 21.9. The van der Waals surface area contributed by atoms with Crippen molar-refractivity contribution in [1.29, 1.82) is 0 Å². The first-order chi connectivity index (χ1) is 9.45. The first-order valence-corrected chi connectivity index (χ1v) is 5.85. The number of carbonyl (C=O) groups excluding carboxylic acids is 1. The monoisotopic (exact) mass is 279 g/mol. The molecule has 0 saturated carbocycles. The molecular weight excluding hydrogens is 266 g/mol. The molecule has 0 fully saturated rings. The molecule has 2 aromatic rings. The van der Waals surface area contributed by atoms with Gasteiger partial charge in [0.05, 0.1) is 11.9 Å². The Kier molecular flexibility index (Phi) is 3.78. The van der Waals surface area contributed by atoms with Gasteiger partial charge in [0.25, 0.3) is 0 Å². The lowest BCUT2D eigenvalue weighted by atomic mass is 10.1. The zero-order chi connectivity index (χ0) is 14.7. The average Bonchev–Trinajstić information content (AvgIpc) is 2.98. The van der Waals surface area contributed by atoms with Crippen LogP contribution < -0.4 is 5.32 Å². The van der Waals surface area contributed by atoms with Gasteiger partial charge in [0, 0.05) is 6.07 Å². The first kappa shape index (κ1) is 13.7. The van der Waals surface area contributed by atoms with Crippen molar-refractivity contribution in [3.8, 4) is 0 Å². The molecule has 0 aliphatic carbocycles.